The first-order valence-electron chi connectivity index (χ1n) is 8.48. The number of nitrogens with zero attached hydrogens (tertiary/aromatic N) is 2. The molecule has 0 aromatic heterocycles. The van der Waals surface area contributed by atoms with Gasteiger partial charge in [0.2, 0.25) is 5.91 Å². The lowest BCUT2D eigenvalue weighted by atomic mass is 10.2. The molecule has 1 N–H and O–H groups in total. The molecule has 1 heterocycles. The van der Waals surface area contributed by atoms with Crippen molar-refractivity contribution in [1.82, 2.24) is 4.90 Å². The number of nitrogens with one attached hydrogen (secondary N) is 1. The van der Waals surface area contributed by atoms with Gasteiger partial charge in [0, 0.05) is 43.6 Å². The summed E-state index contributed by atoms with van der Waals surface area (Å²) in [5.41, 5.74) is 1.06. The zero-order valence-corrected chi connectivity index (χ0v) is 14.2. The molecule has 1 saturated heterocycles. The van der Waals surface area contributed by atoms with Gasteiger partial charge in [0.1, 0.15) is 17.5 Å². The van der Waals surface area contributed by atoms with Crippen molar-refractivity contribution in [3.05, 3.63) is 59.9 Å². The van der Waals surface area contributed by atoms with Crippen molar-refractivity contribution in [2.24, 2.45) is 0 Å². The molecule has 138 valence electrons. The van der Waals surface area contributed by atoms with Crippen LogP contribution in [0, 0.1) is 17.5 Å². The number of carbonyl (C=O) groups excluding carboxylic acids is 1. The van der Waals surface area contributed by atoms with Crippen LogP contribution in [0.25, 0.3) is 0 Å². The van der Waals surface area contributed by atoms with E-state index in [1.165, 1.54) is 12.1 Å². The minimum absolute atomic E-state index is 0.107. The monoisotopic (exact) mass is 363 g/mol. The number of anilines is 2. The molecule has 0 atom stereocenters. The molecule has 26 heavy (non-hydrogen) atoms. The summed E-state index contributed by atoms with van der Waals surface area (Å²) in [6.07, 6.45) is 0.860. The third kappa shape index (κ3) is 4.98. The topological polar surface area (TPSA) is 35.6 Å². The number of halogens is 3. The van der Waals surface area contributed by atoms with E-state index in [0.717, 1.165) is 43.4 Å². The summed E-state index contributed by atoms with van der Waals surface area (Å²) in [6.45, 7) is 3.09. The molecule has 0 bridgehead atoms. The molecule has 1 fully saturated rings. The van der Waals surface area contributed by atoms with E-state index in [1.54, 1.807) is 12.1 Å². The lowest BCUT2D eigenvalue weighted by molar-refractivity contribution is -0.117. The van der Waals surface area contributed by atoms with E-state index in [1.807, 2.05) is 4.90 Å². The van der Waals surface area contributed by atoms with Crippen LogP contribution in [0.2, 0.25) is 0 Å². The molecule has 2 aromatic carbocycles. The summed E-state index contributed by atoms with van der Waals surface area (Å²) in [5, 5.41) is 2.52. The summed E-state index contributed by atoms with van der Waals surface area (Å²) >= 11 is 0. The van der Waals surface area contributed by atoms with Gasteiger partial charge in [-0.2, -0.15) is 0 Å². The van der Waals surface area contributed by atoms with Gasteiger partial charge in [-0.25, -0.2) is 13.2 Å². The first kappa shape index (κ1) is 18.3. The van der Waals surface area contributed by atoms with E-state index in [-0.39, 0.29) is 24.0 Å². The predicted molar refractivity (Wildman–Crippen MR) is 94.7 cm³/mol. The predicted octanol–water partition coefficient (Wildman–Crippen LogP) is 3.25. The molecule has 0 unspecified atom stereocenters. The molecule has 0 saturated carbocycles. The van der Waals surface area contributed by atoms with Gasteiger partial charge < -0.3 is 10.2 Å². The second kappa shape index (κ2) is 8.23. The fraction of sp³-hybridized carbons (Fsp3) is 0.316. The fourth-order valence-electron chi connectivity index (χ4n) is 3.07. The van der Waals surface area contributed by atoms with E-state index in [2.05, 4.69) is 10.2 Å². The van der Waals surface area contributed by atoms with Crippen LogP contribution >= 0.6 is 0 Å². The van der Waals surface area contributed by atoms with E-state index >= 15 is 0 Å². The summed E-state index contributed by atoms with van der Waals surface area (Å²) in [5.74, 6) is -2.05. The van der Waals surface area contributed by atoms with Gasteiger partial charge in [-0.3, -0.25) is 9.69 Å². The Morgan fingerprint density at radius 2 is 1.58 bits per heavy atom. The van der Waals surface area contributed by atoms with Gasteiger partial charge in [-0.05, 0) is 42.8 Å². The summed E-state index contributed by atoms with van der Waals surface area (Å²) in [6, 6.07) is 9.29. The molecule has 7 heteroatoms. The van der Waals surface area contributed by atoms with Gasteiger partial charge >= 0.3 is 0 Å². The zero-order valence-electron chi connectivity index (χ0n) is 14.2. The standard InChI is InChI=1S/C19H20F3N3O/c20-14-2-4-18(5-3-14)25-7-1-6-24(8-9-25)13-19(26)23-17-11-15(21)10-16(22)12-17/h2-5,10-12H,1,6-9,13H2,(H,23,26). The van der Waals surface area contributed by atoms with Crippen molar-refractivity contribution in [3.63, 3.8) is 0 Å². The first-order chi connectivity index (χ1) is 12.5. The van der Waals surface area contributed by atoms with Crippen molar-refractivity contribution in [1.29, 1.82) is 0 Å². The average molecular weight is 363 g/mol. The normalized spacial score (nSPS) is 15.6. The molecule has 4 nitrogen and oxygen atoms in total. The second-order valence-corrected chi connectivity index (χ2v) is 6.30. The molecule has 3 rings (SSSR count). The highest BCUT2D eigenvalue weighted by atomic mass is 19.1. The van der Waals surface area contributed by atoms with Gasteiger partial charge in [0.15, 0.2) is 0 Å². The molecular weight excluding hydrogens is 343 g/mol. The second-order valence-electron chi connectivity index (χ2n) is 6.30. The fourth-order valence-corrected chi connectivity index (χ4v) is 3.07. The van der Waals surface area contributed by atoms with Crippen LogP contribution in [0.15, 0.2) is 42.5 Å². The lowest BCUT2D eigenvalue weighted by Gasteiger charge is -2.23. The third-order valence-corrected chi connectivity index (χ3v) is 4.29. The molecular formula is C19H20F3N3O. The summed E-state index contributed by atoms with van der Waals surface area (Å²) in [7, 11) is 0. The Morgan fingerprint density at radius 1 is 0.885 bits per heavy atom. The lowest BCUT2D eigenvalue weighted by Crippen LogP contribution is -2.36. The van der Waals surface area contributed by atoms with E-state index in [0.29, 0.717) is 13.1 Å². The number of carbonyl (C=O) groups is 1. The number of hydrogen-bond donors (Lipinski definition) is 1. The number of benzene rings is 2. The smallest absolute Gasteiger partial charge is 0.238 e. The van der Waals surface area contributed by atoms with Gasteiger partial charge in [0.05, 0.1) is 6.54 Å². The summed E-state index contributed by atoms with van der Waals surface area (Å²) in [4.78, 5) is 16.3. The van der Waals surface area contributed by atoms with Gasteiger partial charge in [-0.1, -0.05) is 0 Å². The largest absolute Gasteiger partial charge is 0.370 e. The van der Waals surface area contributed by atoms with Crippen molar-refractivity contribution in [2.75, 3.05) is 42.9 Å². The highest BCUT2D eigenvalue weighted by Gasteiger charge is 2.17. The van der Waals surface area contributed by atoms with Crippen LogP contribution < -0.4 is 10.2 Å². The first-order valence-corrected chi connectivity index (χ1v) is 8.48. The minimum atomic E-state index is -0.731. The highest BCUT2D eigenvalue weighted by molar-refractivity contribution is 5.92. The van der Waals surface area contributed by atoms with Crippen LogP contribution in [0.1, 0.15) is 6.42 Å². The number of amides is 1. The summed E-state index contributed by atoms with van der Waals surface area (Å²) < 4.78 is 39.4. The Balaban J connectivity index is 1.54. The van der Waals surface area contributed by atoms with Crippen molar-refractivity contribution < 1.29 is 18.0 Å². The van der Waals surface area contributed by atoms with Crippen molar-refractivity contribution in [3.8, 4) is 0 Å². The molecule has 1 aliphatic rings. The Morgan fingerprint density at radius 3 is 2.27 bits per heavy atom. The molecule has 2 aromatic rings. The van der Waals surface area contributed by atoms with Gasteiger partial charge in [0.25, 0.3) is 0 Å². The number of rotatable bonds is 4. The number of hydrogen-bond acceptors (Lipinski definition) is 3. The third-order valence-electron chi connectivity index (χ3n) is 4.29. The maximum absolute atomic E-state index is 13.2. The van der Waals surface area contributed by atoms with Gasteiger partial charge in [-0.15, -0.1) is 0 Å². The quantitative estimate of drug-likeness (QED) is 0.906. The SMILES string of the molecule is O=C(CN1CCCN(c2ccc(F)cc2)CC1)Nc1cc(F)cc(F)c1. The van der Waals surface area contributed by atoms with E-state index in [9.17, 15) is 18.0 Å². The maximum Gasteiger partial charge on any atom is 0.238 e. The van der Waals surface area contributed by atoms with E-state index in [4.69, 9.17) is 0 Å². The van der Waals surface area contributed by atoms with Crippen LogP contribution in [0.3, 0.4) is 0 Å². The zero-order chi connectivity index (χ0) is 18.5. The van der Waals surface area contributed by atoms with Crippen molar-refractivity contribution >= 4 is 17.3 Å². The van der Waals surface area contributed by atoms with E-state index < -0.39 is 11.6 Å². The van der Waals surface area contributed by atoms with Crippen LogP contribution in [-0.4, -0.2) is 43.5 Å². The average Bonchev–Trinajstić information content (AvgIpc) is 2.80. The van der Waals surface area contributed by atoms with Crippen LogP contribution in [-0.2, 0) is 4.79 Å². The van der Waals surface area contributed by atoms with Crippen molar-refractivity contribution in [2.45, 2.75) is 6.42 Å². The Hall–Kier alpha value is -2.54. The molecule has 0 aliphatic carbocycles. The minimum Gasteiger partial charge on any atom is -0.370 e. The molecule has 1 amide bonds. The Labute approximate surface area is 150 Å². The Kier molecular flexibility index (Phi) is 5.78. The Bertz CT molecular complexity index is 747. The van der Waals surface area contributed by atoms with Crippen LogP contribution in [0.4, 0.5) is 24.5 Å². The molecule has 0 radical (unpaired) electrons. The molecule has 1 aliphatic heterocycles. The maximum atomic E-state index is 13.2. The van der Waals surface area contributed by atoms with Crippen LogP contribution in [0.5, 0.6) is 0 Å². The highest BCUT2D eigenvalue weighted by Crippen LogP contribution is 2.17. The molecule has 0 spiro atoms.